The molecule has 4 rings (SSSR count). The Hall–Kier alpha value is -3.72. The van der Waals surface area contributed by atoms with Crippen LogP contribution in [0.4, 0.5) is 4.39 Å². The summed E-state index contributed by atoms with van der Waals surface area (Å²) in [6, 6.07) is 14.6. The quantitative estimate of drug-likeness (QED) is 0.373. The van der Waals surface area contributed by atoms with Crippen LogP contribution in [0.1, 0.15) is 16.1 Å². The molecule has 0 spiro atoms. The van der Waals surface area contributed by atoms with E-state index in [1.165, 1.54) is 10.6 Å². The minimum Gasteiger partial charge on any atom is -0.347 e. The van der Waals surface area contributed by atoms with Crippen molar-refractivity contribution in [3.8, 4) is 5.69 Å². The van der Waals surface area contributed by atoms with Gasteiger partial charge in [-0.1, -0.05) is 30.0 Å². The molecule has 2 aromatic heterocycles. The maximum atomic E-state index is 14.2. The van der Waals surface area contributed by atoms with Crippen molar-refractivity contribution in [3.63, 3.8) is 0 Å². The van der Waals surface area contributed by atoms with Gasteiger partial charge in [-0.2, -0.15) is 0 Å². The Balaban J connectivity index is 1.66. The first-order valence-electron chi connectivity index (χ1n) is 9.72. The third-order valence-electron chi connectivity index (χ3n) is 4.92. The van der Waals surface area contributed by atoms with Crippen LogP contribution in [0, 0.1) is 12.7 Å². The van der Waals surface area contributed by atoms with Crippen LogP contribution in [0.5, 0.6) is 0 Å². The number of fused-ring (bicyclic) bond motifs is 1. The third-order valence-corrected chi connectivity index (χ3v) is 5.86. The van der Waals surface area contributed by atoms with Gasteiger partial charge in [-0.05, 0) is 48.9 Å². The predicted octanol–water partition coefficient (Wildman–Crippen LogP) is 3.22. The molecule has 0 aliphatic carbocycles. The number of para-hydroxylation sites is 1. The second kappa shape index (κ2) is 8.80. The van der Waals surface area contributed by atoms with Crippen LogP contribution in [-0.2, 0) is 11.8 Å². The molecule has 0 atom stereocenters. The van der Waals surface area contributed by atoms with Crippen LogP contribution in [-0.4, -0.2) is 31.7 Å². The standard InChI is InChI=1S/C23H19FN4O3S/c1-14-9-10-15(12-17(14)24)28-22(31)16-6-3-4-7-18(16)25-23(28)32-13-20(29)26-21(30)19-8-5-11-27(19)2/h3-12H,13H2,1-2H3,(H,26,29,30). The Bertz CT molecular complexity index is 1410. The molecule has 7 nitrogen and oxygen atoms in total. The fourth-order valence-corrected chi connectivity index (χ4v) is 4.02. The molecule has 0 radical (unpaired) electrons. The Morgan fingerprint density at radius 2 is 1.91 bits per heavy atom. The van der Waals surface area contributed by atoms with Crippen molar-refractivity contribution in [1.29, 1.82) is 0 Å². The number of aryl methyl sites for hydroxylation is 2. The molecule has 9 heteroatoms. The van der Waals surface area contributed by atoms with Crippen LogP contribution in [0.3, 0.4) is 0 Å². The summed E-state index contributed by atoms with van der Waals surface area (Å²) >= 11 is 0.991. The normalized spacial score (nSPS) is 11.0. The minimum absolute atomic E-state index is 0.157. The average molecular weight is 450 g/mol. The maximum Gasteiger partial charge on any atom is 0.274 e. The van der Waals surface area contributed by atoms with Crippen molar-refractivity contribution in [1.82, 2.24) is 19.4 Å². The lowest BCUT2D eigenvalue weighted by atomic mass is 10.2. The molecule has 0 saturated carbocycles. The van der Waals surface area contributed by atoms with Gasteiger partial charge in [0, 0.05) is 13.2 Å². The highest BCUT2D eigenvalue weighted by Gasteiger charge is 2.17. The van der Waals surface area contributed by atoms with Gasteiger partial charge in [-0.25, -0.2) is 9.37 Å². The number of benzene rings is 2. The van der Waals surface area contributed by atoms with E-state index >= 15 is 0 Å². The zero-order chi connectivity index (χ0) is 22.8. The third kappa shape index (κ3) is 4.19. The van der Waals surface area contributed by atoms with Crippen molar-refractivity contribution in [2.75, 3.05) is 5.75 Å². The van der Waals surface area contributed by atoms with Crippen LogP contribution < -0.4 is 10.9 Å². The summed E-state index contributed by atoms with van der Waals surface area (Å²) < 4.78 is 17.1. The summed E-state index contributed by atoms with van der Waals surface area (Å²) in [6.07, 6.45) is 1.70. The predicted molar refractivity (Wildman–Crippen MR) is 121 cm³/mol. The molecule has 0 aliphatic heterocycles. The van der Waals surface area contributed by atoms with Crippen molar-refractivity contribution in [2.45, 2.75) is 12.1 Å². The SMILES string of the molecule is Cc1ccc(-n2c(SCC(=O)NC(=O)c3cccn3C)nc3ccccc3c2=O)cc1F. The molecule has 0 saturated heterocycles. The lowest BCUT2D eigenvalue weighted by molar-refractivity contribution is -0.117. The van der Waals surface area contributed by atoms with E-state index in [1.54, 1.807) is 73.3 Å². The molecular formula is C23H19FN4O3S. The number of halogens is 1. The van der Waals surface area contributed by atoms with Gasteiger partial charge in [-0.15, -0.1) is 0 Å². The van der Waals surface area contributed by atoms with Gasteiger partial charge in [0.2, 0.25) is 5.91 Å². The van der Waals surface area contributed by atoms with E-state index in [-0.39, 0.29) is 16.5 Å². The molecule has 0 bridgehead atoms. The number of aromatic nitrogens is 3. The fourth-order valence-electron chi connectivity index (χ4n) is 3.21. The van der Waals surface area contributed by atoms with Crippen molar-refractivity contribution >= 4 is 34.5 Å². The summed E-state index contributed by atoms with van der Waals surface area (Å²) in [4.78, 5) is 42.4. The van der Waals surface area contributed by atoms with Gasteiger partial charge in [0.05, 0.1) is 22.3 Å². The molecule has 0 unspecified atom stereocenters. The van der Waals surface area contributed by atoms with E-state index in [2.05, 4.69) is 10.3 Å². The number of carbonyl (C=O) groups excluding carboxylic acids is 2. The molecule has 4 aromatic rings. The number of hydrogen-bond donors (Lipinski definition) is 1. The van der Waals surface area contributed by atoms with E-state index in [4.69, 9.17) is 0 Å². The van der Waals surface area contributed by atoms with E-state index in [0.29, 0.717) is 27.8 Å². The smallest absolute Gasteiger partial charge is 0.274 e. The number of thioether (sulfide) groups is 1. The van der Waals surface area contributed by atoms with Crippen molar-refractivity contribution in [3.05, 3.63) is 88.2 Å². The van der Waals surface area contributed by atoms with Crippen molar-refractivity contribution in [2.24, 2.45) is 7.05 Å². The zero-order valence-electron chi connectivity index (χ0n) is 17.3. The lowest BCUT2D eigenvalue weighted by Gasteiger charge is -2.14. The van der Waals surface area contributed by atoms with E-state index in [0.717, 1.165) is 11.8 Å². The van der Waals surface area contributed by atoms with E-state index in [9.17, 15) is 18.8 Å². The van der Waals surface area contributed by atoms with E-state index in [1.807, 2.05) is 0 Å². The first kappa shape index (κ1) is 21.5. The maximum absolute atomic E-state index is 14.2. The molecular weight excluding hydrogens is 431 g/mol. The highest BCUT2D eigenvalue weighted by atomic mass is 32.2. The summed E-state index contributed by atoms with van der Waals surface area (Å²) in [6.45, 7) is 1.63. The van der Waals surface area contributed by atoms with E-state index < -0.39 is 17.6 Å². The Morgan fingerprint density at radius 1 is 1.12 bits per heavy atom. The molecule has 32 heavy (non-hydrogen) atoms. The number of nitrogens with zero attached hydrogens (tertiary/aromatic N) is 3. The monoisotopic (exact) mass is 450 g/mol. The molecule has 2 amide bonds. The number of carbonyl (C=O) groups is 2. The number of nitrogens with one attached hydrogen (secondary N) is 1. The fraction of sp³-hybridized carbons (Fsp3) is 0.130. The Kier molecular flexibility index (Phi) is 5.91. The van der Waals surface area contributed by atoms with Crippen molar-refractivity contribution < 1.29 is 14.0 Å². The summed E-state index contributed by atoms with van der Waals surface area (Å²) in [5.41, 5.74) is 1.19. The molecule has 0 aliphatic rings. The molecule has 0 fully saturated rings. The molecule has 2 heterocycles. The lowest BCUT2D eigenvalue weighted by Crippen LogP contribution is -2.33. The summed E-state index contributed by atoms with van der Waals surface area (Å²) in [5.74, 6) is -1.67. The number of hydrogen-bond acceptors (Lipinski definition) is 5. The Labute approximate surface area is 186 Å². The molecule has 162 valence electrons. The van der Waals surface area contributed by atoms with Crippen LogP contribution >= 0.6 is 11.8 Å². The first-order chi connectivity index (χ1) is 15.3. The van der Waals surface area contributed by atoms with Gasteiger partial charge < -0.3 is 4.57 Å². The molecule has 1 N–H and O–H groups in total. The average Bonchev–Trinajstić information content (AvgIpc) is 3.20. The minimum atomic E-state index is -0.537. The zero-order valence-corrected chi connectivity index (χ0v) is 18.1. The van der Waals surface area contributed by atoms with Crippen LogP contribution in [0.15, 0.2) is 70.7 Å². The van der Waals surface area contributed by atoms with Crippen LogP contribution in [0.25, 0.3) is 16.6 Å². The van der Waals surface area contributed by atoms with Gasteiger partial charge in [0.15, 0.2) is 5.16 Å². The topological polar surface area (TPSA) is 86.0 Å². The second-order valence-electron chi connectivity index (χ2n) is 7.16. The second-order valence-corrected chi connectivity index (χ2v) is 8.10. The number of imide groups is 1. The molecule has 2 aromatic carbocycles. The summed E-state index contributed by atoms with van der Waals surface area (Å²) in [7, 11) is 1.70. The van der Waals surface area contributed by atoms with Crippen LogP contribution in [0.2, 0.25) is 0 Å². The van der Waals surface area contributed by atoms with Gasteiger partial charge in [-0.3, -0.25) is 24.3 Å². The highest BCUT2D eigenvalue weighted by molar-refractivity contribution is 7.99. The highest BCUT2D eigenvalue weighted by Crippen LogP contribution is 2.22. The number of amides is 2. The largest absolute Gasteiger partial charge is 0.347 e. The van der Waals surface area contributed by atoms with Gasteiger partial charge in [0.25, 0.3) is 11.5 Å². The Morgan fingerprint density at radius 3 is 2.62 bits per heavy atom. The van der Waals surface area contributed by atoms with Gasteiger partial charge in [0.1, 0.15) is 11.5 Å². The van der Waals surface area contributed by atoms with Gasteiger partial charge >= 0.3 is 0 Å². The summed E-state index contributed by atoms with van der Waals surface area (Å²) in [5, 5.41) is 2.92. The first-order valence-corrected chi connectivity index (χ1v) is 10.7. The number of rotatable bonds is 5.